The van der Waals surface area contributed by atoms with Gasteiger partial charge in [-0.15, -0.1) is 11.3 Å². The lowest BCUT2D eigenvalue weighted by atomic mass is 10.1. The molecule has 0 N–H and O–H groups in total. The Bertz CT molecular complexity index is 439. The number of carbonyl (C=O) groups is 2. The average molecular weight is 291 g/mol. The van der Waals surface area contributed by atoms with Crippen molar-refractivity contribution in [2.24, 2.45) is 0 Å². The second-order valence-electron chi connectivity index (χ2n) is 2.76. The molecule has 0 aromatic carbocycles. The molecule has 1 heterocycles. The van der Waals surface area contributed by atoms with Crippen LogP contribution in [0.3, 0.4) is 0 Å². The van der Waals surface area contributed by atoms with Gasteiger partial charge in [0.1, 0.15) is 4.34 Å². The van der Waals surface area contributed by atoms with Crippen LogP contribution in [-0.4, -0.2) is 17.7 Å². The molecule has 1 aromatic heterocycles. The molecule has 0 amide bonds. The third-order valence-electron chi connectivity index (χ3n) is 1.59. The number of thiophene rings is 1. The number of rotatable bonds is 3. The van der Waals surface area contributed by atoms with E-state index in [1.165, 1.54) is 0 Å². The molecule has 0 aliphatic rings. The van der Waals surface area contributed by atoms with Gasteiger partial charge in [0.15, 0.2) is 5.78 Å². The normalized spacial score (nSPS) is 11.6. The summed E-state index contributed by atoms with van der Waals surface area (Å²) in [6.07, 6.45) is -6.27. The van der Waals surface area contributed by atoms with Crippen LogP contribution in [0, 0.1) is 0 Å². The van der Waals surface area contributed by atoms with Crippen LogP contribution in [0.25, 0.3) is 0 Å². The van der Waals surface area contributed by atoms with Crippen molar-refractivity contribution in [1.29, 1.82) is 0 Å². The number of hydrogen-bond acceptors (Lipinski definition) is 3. The van der Waals surface area contributed by atoms with E-state index in [1.54, 1.807) is 0 Å². The molecular formula is C8H3Cl2F3O2S. The van der Waals surface area contributed by atoms with E-state index in [-0.39, 0.29) is 14.2 Å². The van der Waals surface area contributed by atoms with Crippen molar-refractivity contribution in [3.8, 4) is 0 Å². The van der Waals surface area contributed by atoms with Gasteiger partial charge in [-0.1, -0.05) is 23.2 Å². The topological polar surface area (TPSA) is 34.1 Å². The van der Waals surface area contributed by atoms with Crippen LogP contribution in [0.5, 0.6) is 0 Å². The highest BCUT2D eigenvalue weighted by Gasteiger charge is 2.39. The van der Waals surface area contributed by atoms with Crippen molar-refractivity contribution < 1.29 is 22.8 Å². The first-order chi connectivity index (χ1) is 7.21. The molecule has 1 rings (SSSR count). The predicted molar refractivity (Wildman–Crippen MR) is 54.3 cm³/mol. The van der Waals surface area contributed by atoms with Crippen molar-refractivity contribution in [1.82, 2.24) is 0 Å². The molecule has 0 saturated heterocycles. The van der Waals surface area contributed by atoms with Crippen LogP contribution in [0.4, 0.5) is 13.2 Å². The van der Waals surface area contributed by atoms with Gasteiger partial charge >= 0.3 is 6.18 Å². The van der Waals surface area contributed by atoms with E-state index >= 15 is 0 Å². The fourth-order valence-corrected chi connectivity index (χ4v) is 2.37. The van der Waals surface area contributed by atoms with Crippen molar-refractivity contribution >= 4 is 46.1 Å². The van der Waals surface area contributed by atoms with E-state index in [9.17, 15) is 22.8 Å². The van der Waals surface area contributed by atoms with Crippen LogP contribution >= 0.6 is 34.5 Å². The smallest absolute Gasteiger partial charge is 0.294 e. The van der Waals surface area contributed by atoms with Crippen molar-refractivity contribution in [3.05, 3.63) is 20.3 Å². The number of alkyl halides is 3. The summed E-state index contributed by atoms with van der Waals surface area (Å²) in [6, 6.07) is 1.14. The van der Waals surface area contributed by atoms with Gasteiger partial charge in [0.05, 0.1) is 10.8 Å². The molecule has 16 heavy (non-hydrogen) atoms. The quantitative estimate of drug-likeness (QED) is 0.627. The minimum atomic E-state index is -5.01. The van der Waals surface area contributed by atoms with Gasteiger partial charge in [-0.25, -0.2) is 0 Å². The van der Waals surface area contributed by atoms with Gasteiger partial charge in [0.25, 0.3) is 0 Å². The Kier molecular flexibility index (Phi) is 3.98. The predicted octanol–water partition coefficient (Wildman–Crippen LogP) is 3.76. The first-order valence-electron chi connectivity index (χ1n) is 3.80. The Morgan fingerprint density at radius 3 is 2.25 bits per heavy atom. The molecule has 1 aromatic rings. The minimum Gasteiger partial charge on any atom is -0.294 e. The highest BCUT2D eigenvalue weighted by atomic mass is 35.5. The molecule has 2 nitrogen and oxygen atoms in total. The molecule has 0 saturated carbocycles. The van der Waals surface area contributed by atoms with E-state index in [2.05, 4.69) is 0 Å². The zero-order valence-electron chi connectivity index (χ0n) is 7.40. The van der Waals surface area contributed by atoms with Crippen LogP contribution in [0.2, 0.25) is 8.67 Å². The monoisotopic (exact) mass is 290 g/mol. The molecule has 0 atom stereocenters. The molecule has 0 radical (unpaired) electrons. The summed E-state index contributed by atoms with van der Waals surface area (Å²) in [5.41, 5.74) is -0.158. The van der Waals surface area contributed by atoms with Gasteiger partial charge in [-0.2, -0.15) is 13.2 Å². The van der Waals surface area contributed by atoms with Gasteiger partial charge in [-0.05, 0) is 6.07 Å². The second kappa shape index (κ2) is 4.73. The molecule has 88 valence electrons. The van der Waals surface area contributed by atoms with E-state index in [0.29, 0.717) is 0 Å². The maximum Gasteiger partial charge on any atom is 0.450 e. The van der Waals surface area contributed by atoms with Gasteiger partial charge in [0.2, 0.25) is 5.78 Å². The standard InChI is InChI=1S/C8H3Cl2F3O2S/c9-6-1-3(7(10)16-6)4(14)2-5(15)8(11,12)13/h1H,2H2. The molecular weight excluding hydrogens is 288 g/mol. The summed E-state index contributed by atoms with van der Waals surface area (Å²) in [5.74, 6) is -3.09. The Morgan fingerprint density at radius 2 is 1.88 bits per heavy atom. The first kappa shape index (κ1) is 13.5. The van der Waals surface area contributed by atoms with Crippen LogP contribution in [0.15, 0.2) is 6.07 Å². The summed E-state index contributed by atoms with van der Waals surface area (Å²) >= 11 is 11.9. The Labute approximate surface area is 102 Å². The van der Waals surface area contributed by atoms with Gasteiger partial charge in [0, 0.05) is 5.56 Å². The molecule has 0 unspecified atom stereocenters. The number of ketones is 2. The van der Waals surface area contributed by atoms with E-state index in [4.69, 9.17) is 23.2 Å². The SMILES string of the molecule is O=C(CC(=O)C(F)(F)F)c1cc(Cl)sc1Cl. The molecule has 0 aliphatic carbocycles. The van der Waals surface area contributed by atoms with Crippen molar-refractivity contribution in [3.63, 3.8) is 0 Å². The molecule has 8 heteroatoms. The maximum atomic E-state index is 11.9. The first-order valence-corrected chi connectivity index (χ1v) is 5.37. The van der Waals surface area contributed by atoms with Gasteiger partial charge < -0.3 is 0 Å². The highest BCUT2D eigenvalue weighted by molar-refractivity contribution is 7.20. The Balaban J connectivity index is 2.81. The van der Waals surface area contributed by atoms with Crippen molar-refractivity contribution in [2.75, 3.05) is 0 Å². The second-order valence-corrected chi connectivity index (χ2v) is 5.04. The number of carbonyl (C=O) groups excluding carboxylic acids is 2. The Hall–Kier alpha value is -0.590. The largest absolute Gasteiger partial charge is 0.450 e. The fraction of sp³-hybridized carbons (Fsp3) is 0.250. The van der Waals surface area contributed by atoms with E-state index in [1.807, 2.05) is 0 Å². The maximum absolute atomic E-state index is 11.9. The summed E-state index contributed by atoms with van der Waals surface area (Å²) in [5, 5.41) is 0. The van der Waals surface area contributed by atoms with E-state index in [0.717, 1.165) is 17.4 Å². The number of halogens is 5. The van der Waals surface area contributed by atoms with Crippen LogP contribution in [0.1, 0.15) is 16.8 Å². The fourth-order valence-electron chi connectivity index (χ4n) is 0.872. The molecule has 0 fully saturated rings. The summed E-state index contributed by atoms with van der Waals surface area (Å²) in [7, 11) is 0. The highest BCUT2D eigenvalue weighted by Crippen LogP contribution is 2.32. The third kappa shape index (κ3) is 3.20. The molecule has 0 spiro atoms. The zero-order valence-corrected chi connectivity index (χ0v) is 9.73. The van der Waals surface area contributed by atoms with Crippen molar-refractivity contribution in [2.45, 2.75) is 12.6 Å². The molecule has 0 aliphatic heterocycles. The number of Topliss-reactive ketones (excluding diaryl/α,β-unsaturated/α-hetero) is 2. The Morgan fingerprint density at radius 1 is 1.31 bits per heavy atom. The van der Waals surface area contributed by atoms with Crippen LogP contribution in [-0.2, 0) is 4.79 Å². The molecule has 0 bridgehead atoms. The lowest BCUT2D eigenvalue weighted by Crippen LogP contribution is -2.25. The van der Waals surface area contributed by atoms with Gasteiger partial charge in [-0.3, -0.25) is 9.59 Å². The summed E-state index contributed by atoms with van der Waals surface area (Å²) in [4.78, 5) is 21.8. The summed E-state index contributed by atoms with van der Waals surface area (Å²) < 4.78 is 35.8. The summed E-state index contributed by atoms with van der Waals surface area (Å²) in [6.45, 7) is 0. The van der Waals surface area contributed by atoms with E-state index < -0.39 is 24.2 Å². The lowest BCUT2D eigenvalue weighted by Gasteiger charge is -2.03. The number of hydrogen-bond donors (Lipinski definition) is 0. The van der Waals surface area contributed by atoms with Crippen LogP contribution < -0.4 is 0 Å². The average Bonchev–Trinajstić information content (AvgIpc) is 2.43. The zero-order chi connectivity index (χ0) is 12.5. The minimum absolute atomic E-state index is 0.0232. The lowest BCUT2D eigenvalue weighted by molar-refractivity contribution is -0.170. The third-order valence-corrected chi connectivity index (χ3v) is 3.08.